The summed E-state index contributed by atoms with van der Waals surface area (Å²) in [6.45, 7) is 9.79. The lowest BCUT2D eigenvalue weighted by Gasteiger charge is -2.24. The van der Waals surface area contributed by atoms with Gasteiger partial charge in [-0.25, -0.2) is 0 Å². The van der Waals surface area contributed by atoms with Crippen LogP contribution in [-0.4, -0.2) is 23.1 Å². The SMILES string of the molecule is Cc1ccc(Cn2c3c(c4cc(C)ccc42)CN(C)CC3)c(C)c1.Cl. The molecule has 0 spiro atoms. The highest BCUT2D eigenvalue weighted by Gasteiger charge is 2.22. The van der Waals surface area contributed by atoms with Crippen molar-refractivity contribution in [1.29, 1.82) is 0 Å². The molecule has 0 amide bonds. The van der Waals surface area contributed by atoms with E-state index in [-0.39, 0.29) is 12.4 Å². The summed E-state index contributed by atoms with van der Waals surface area (Å²) >= 11 is 0. The second-order valence-electron chi connectivity index (χ2n) is 7.45. The number of rotatable bonds is 2. The molecule has 25 heavy (non-hydrogen) atoms. The molecule has 0 aliphatic carbocycles. The Hall–Kier alpha value is -1.77. The Balaban J connectivity index is 0.00000182. The lowest BCUT2D eigenvalue weighted by atomic mass is 10.0. The zero-order valence-electron chi connectivity index (χ0n) is 15.6. The molecule has 1 aliphatic heterocycles. The Labute approximate surface area is 156 Å². The second kappa shape index (κ2) is 6.86. The van der Waals surface area contributed by atoms with Crippen LogP contribution < -0.4 is 0 Å². The van der Waals surface area contributed by atoms with Crippen LogP contribution in [0.2, 0.25) is 0 Å². The van der Waals surface area contributed by atoms with E-state index < -0.39 is 0 Å². The fourth-order valence-electron chi connectivity index (χ4n) is 4.07. The predicted octanol–water partition coefficient (Wildman–Crippen LogP) is 5.02. The summed E-state index contributed by atoms with van der Waals surface area (Å²) in [7, 11) is 2.23. The molecule has 1 aromatic heterocycles. The van der Waals surface area contributed by atoms with E-state index >= 15 is 0 Å². The molecule has 2 aromatic carbocycles. The lowest BCUT2D eigenvalue weighted by Crippen LogP contribution is -2.27. The van der Waals surface area contributed by atoms with E-state index in [1.165, 1.54) is 44.4 Å². The molecule has 2 nitrogen and oxygen atoms in total. The minimum absolute atomic E-state index is 0. The smallest absolute Gasteiger partial charge is 0.0489 e. The van der Waals surface area contributed by atoms with Crippen molar-refractivity contribution in [2.24, 2.45) is 0 Å². The van der Waals surface area contributed by atoms with Gasteiger partial charge in [0.15, 0.2) is 0 Å². The van der Waals surface area contributed by atoms with Gasteiger partial charge in [-0.1, -0.05) is 35.4 Å². The van der Waals surface area contributed by atoms with E-state index in [0.29, 0.717) is 0 Å². The first-order chi connectivity index (χ1) is 11.5. The van der Waals surface area contributed by atoms with Gasteiger partial charge in [0.25, 0.3) is 0 Å². The van der Waals surface area contributed by atoms with Crippen LogP contribution in [0.1, 0.15) is 33.5 Å². The van der Waals surface area contributed by atoms with Crippen molar-refractivity contribution in [3.05, 3.63) is 69.9 Å². The summed E-state index contributed by atoms with van der Waals surface area (Å²) in [6.07, 6.45) is 1.14. The molecule has 1 aliphatic rings. The minimum atomic E-state index is 0. The van der Waals surface area contributed by atoms with Crippen LogP contribution in [0.25, 0.3) is 10.9 Å². The van der Waals surface area contributed by atoms with Crippen LogP contribution in [0.15, 0.2) is 36.4 Å². The third kappa shape index (κ3) is 3.21. The van der Waals surface area contributed by atoms with Gasteiger partial charge in [-0.15, -0.1) is 12.4 Å². The molecule has 2 heterocycles. The molecule has 0 atom stereocenters. The van der Waals surface area contributed by atoms with Gasteiger partial charge in [-0.05, 0) is 56.6 Å². The second-order valence-corrected chi connectivity index (χ2v) is 7.45. The van der Waals surface area contributed by atoms with Crippen LogP contribution >= 0.6 is 12.4 Å². The molecular weight excluding hydrogens is 328 g/mol. The quantitative estimate of drug-likeness (QED) is 0.627. The summed E-state index contributed by atoms with van der Waals surface area (Å²) in [5, 5.41) is 1.45. The molecule has 0 fully saturated rings. The maximum Gasteiger partial charge on any atom is 0.0489 e. The van der Waals surface area contributed by atoms with Crippen LogP contribution in [0.3, 0.4) is 0 Å². The molecule has 0 N–H and O–H groups in total. The summed E-state index contributed by atoms with van der Waals surface area (Å²) in [4.78, 5) is 2.44. The van der Waals surface area contributed by atoms with Gasteiger partial charge in [-0.3, -0.25) is 0 Å². The van der Waals surface area contributed by atoms with Crippen LogP contribution in [-0.2, 0) is 19.5 Å². The fraction of sp³-hybridized carbons (Fsp3) is 0.364. The number of hydrogen-bond donors (Lipinski definition) is 0. The zero-order valence-corrected chi connectivity index (χ0v) is 16.4. The maximum absolute atomic E-state index is 2.56. The number of aryl methyl sites for hydroxylation is 3. The first-order valence-corrected chi connectivity index (χ1v) is 8.88. The van der Waals surface area contributed by atoms with Gasteiger partial charge in [0.2, 0.25) is 0 Å². The summed E-state index contributed by atoms with van der Waals surface area (Å²) in [6, 6.07) is 13.8. The van der Waals surface area contributed by atoms with E-state index in [4.69, 9.17) is 0 Å². The number of likely N-dealkylation sites (N-methyl/N-ethyl adjacent to an activating group) is 1. The van der Waals surface area contributed by atoms with Gasteiger partial charge in [0.05, 0.1) is 0 Å². The molecule has 132 valence electrons. The molecule has 0 saturated heterocycles. The van der Waals surface area contributed by atoms with Gasteiger partial charge >= 0.3 is 0 Å². The first-order valence-electron chi connectivity index (χ1n) is 8.88. The van der Waals surface area contributed by atoms with E-state index in [0.717, 1.165) is 26.1 Å². The molecule has 3 aromatic rings. The number of nitrogens with zero attached hydrogens (tertiary/aromatic N) is 2. The molecular formula is C22H27ClN2. The number of fused-ring (bicyclic) bond motifs is 3. The number of hydrogen-bond acceptors (Lipinski definition) is 1. The Morgan fingerprint density at radius 1 is 0.960 bits per heavy atom. The number of aromatic nitrogens is 1. The van der Waals surface area contributed by atoms with Gasteiger partial charge < -0.3 is 9.47 Å². The van der Waals surface area contributed by atoms with Crippen molar-refractivity contribution in [2.45, 2.75) is 40.3 Å². The molecule has 0 radical (unpaired) electrons. The average Bonchev–Trinajstić information content (AvgIpc) is 2.83. The average molecular weight is 355 g/mol. The predicted molar refractivity (Wildman–Crippen MR) is 109 cm³/mol. The Kier molecular flexibility index (Phi) is 4.95. The molecule has 0 unspecified atom stereocenters. The highest BCUT2D eigenvalue weighted by molar-refractivity contribution is 5.86. The first kappa shape index (κ1) is 18.0. The van der Waals surface area contributed by atoms with E-state index in [1.807, 2.05) is 0 Å². The molecule has 0 saturated carbocycles. The van der Waals surface area contributed by atoms with Gasteiger partial charge in [0.1, 0.15) is 0 Å². The topological polar surface area (TPSA) is 8.17 Å². The Bertz CT molecular complexity index is 923. The van der Waals surface area contributed by atoms with E-state index in [2.05, 4.69) is 73.7 Å². The van der Waals surface area contributed by atoms with Crippen molar-refractivity contribution in [3.8, 4) is 0 Å². The third-order valence-corrected chi connectivity index (χ3v) is 5.43. The number of halogens is 1. The van der Waals surface area contributed by atoms with Gasteiger partial charge in [0, 0.05) is 42.7 Å². The maximum atomic E-state index is 2.56. The molecule has 3 heteroatoms. The van der Waals surface area contributed by atoms with Crippen molar-refractivity contribution in [3.63, 3.8) is 0 Å². The lowest BCUT2D eigenvalue weighted by molar-refractivity contribution is 0.310. The summed E-state index contributed by atoms with van der Waals surface area (Å²) in [5.74, 6) is 0. The highest BCUT2D eigenvalue weighted by Crippen LogP contribution is 2.32. The van der Waals surface area contributed by atoms with Crippen LogP contribution in [0.4, 0.5) is 0 Å². The standard InChI is InChI=1S/C22H26N2.ClH/c1-15-5-7-18(17(3)11-15)13-24-21-8-6-16(2)12-19(21)20-14-23(4)10-9-22(20)24;/h5-8,11-12H,9-10,13-14H2,1-4H3;1H. The van der Waals surface area contributed by atoms with Crippen molar-refractivity contribution < 1.29 is 0 Å². The zero-order chi connectivity index (χ0) is 16.8. The monoisotopic (exact) mass is 354 g/mol. The van der Waals surface area contributed by atoms with Crippen LogP contribution in [0.5, 0.6) is 0 Å². The van der Waals surface area contributed by atoms with Crippen LogP contribution in [0, 0.1) is 20.8 Å². The fourth-order valence-corrected chi connectivity index (χ4v) is 4.07. The van der Waals surface area contributed by atoms with Crippen molar-refractivity contribution in [1.82, 2.24) is 9.47 Å². The van der Waals surface area contributed by atoms with Gasteiger partial charge in [-0.2, -0.15) is 0 Å². The number of benzene rings is 2. The van der Waals surface area contributed by atoms with Crippen molar-refractivity contribution >= 4 is 23.3 Å². The summed E-state index contributed by atoms with van der Waals surface area (Å²) < 4.78 is 2.56. The summed E-state index contributed by atoms with van der Waals surface area (Å²) in [5.41, 5.74) is 9.97. The highest BCUT2D eigenvalue weighted by atomic mass is 35.5. The van der Waals surface area contributed by atoms with E-state index in [9.17, 15) is 0 Å². The molecule has 0 bridgehead atoms. The third-order valence-electron chi connectivity index (χ3n) is 5.43. The minimum Gasteiger partial charge on any atom is -0.340 e. The molecule has 4 rings (SSSR count). The van der Waals surface area contributed by atoms with E-state index in [1.54, 1.807) is 0 Å². The Morgan fingerprint density at radius 3 is 2.44 bits per heavy atom. The largest absolute Gasteiger partial charge is 0.340 e. The Morgan fingerprint density at radius 2 is 1.68 bits per heavy atom. The normalized spacial score (nSPS) is 14.4. The van der Waals surface area contributed by atoms with Crippen molar-refractivity contribution in [2.75, 3.05) is 13.6 Å².